The predicted molar refractivity (Wildman–Crippen MR) is 83.8 cm³/mol. The van der Waals surface area contributed by atoms with Gasteiger partial charge in [0.2, 0.25) is 0 Å². The third-order valence-corrected chi connectivity index (χ3v) is 4.19. The van der Waals surface area contributed by atoms with Crippen LogP contribution in [0.4, 0.5) is 5.82 Å². The summed E-state index contributed by atoms with van der Waals surface area (Å²) in [5, 5.41) is 2.00. The Morgan fingerprint density at radius 2 is 1.90 bits per heavy atom. The van der Waals surface area contributed by atoms with Gasteiger partial charge >= 0.3 is 0 Å². The van der Waals surface area contributed by atoms with Crippen LogP contribution in [0, 0.1) is 6.92 Å². The van der Waals surface area contributed by atoms with E-state index >= 15 is 0 Å². The molecule has 0 amide bonds. The molecule has 0 N–H and O–H groups in total. The summed E-state index contributed by atoms with van der Waals surface area (Å²) in [6.45, 7) is 2.01. The lowest BCUT2D eigenvalue weighted by molar-refractivity contribution is 0.00584. The van der Waals surface area contributed by atoms with E-state index in [4.69, 9.17) is 4.84 Å². The summed E-state index contributed by atoms with van der Waals surface area (Å²) in [4.78, 5) is 10.7. The fourth-order valence-electron chi connectivity index (χ4n) is 3.20. The maximum atomic E-state index is 6.07. The lowest BCUT2D eigenvalue weighted by Gasteiger charge is -2.44. The van der Waals surface area contributed by atoms with Crippen LogP contribution in [0.15, 0.2) is 54.6 Å². The van der Waals surface area contributed by atoms with E-state index in [9.17, 15) is 0 Å². The topological polar surface area (TPSA) is 25.4 Å². The highest BCUT2D eigenvalue weighted by atomic mass is 16.7. The van der Waals surface area contributed by atoms with Crippen molar-refractivity contribution in [2.45, 2.75) is 31.9 Å². The molecule has 21 heavy (non-hydrogen) atoms. The van der Waals surface area contributed by atoms with Gasteiger partial charge < -0.3 is 0 Å². The standard InChI is InChI=1S/C18H18N2O/c1-13-6-5-9-18(19-13)20-17-11-10-15(21-20)12-16(17)14-7-3-2-4-8-14/h2-9,12,15,17H,10-11H2,1H3/t15-,17+/m1/s1. The first kappa shape index (κ1) is 12.6. The number of benzene rings is 1. The summed E-state index contributed by atoms with van der Waals surface area (Å²) >= 11 is 0. The van der Waals surface area contributed by atoms with Crippen molar-refractivity contribution in [2.24, 2.45) is 0 Å². The van der Waals surface area contributed by atoms with Gasteiger partial charge in [0.25, 0.3) is 0 Å². The summed E-state index contributed by atoms with van der Waals surface area (Å²) in [7, 11) is 0. The van der Waals surface area contributed by atoms with Crippen molar-refractivity contribution < 1.29 is 4.84 Å². The van der Waals surface area contributed by atoms with Crippen LogP contribution in [-0.2, 0) is 4.84 Å². The first-order valence-electron chi connectivity index (χ1n) is 7.48. The Hall–Kier alpha value is -2.13. The smallest absolute Gasteiger partial charge is 0.153 e. The van der Waals surface area contributed by atoms with E-state index in [2.05, 4.69) is 41.4 Å². The molecule has 3 heterocycles. The molecule has 1 saturated heterocycles. The molecule has 2 bridgehead atoms. The van der Waals surface area contributed by atoms with Crippen molar-refractivity contribution in [2.75, 3.05) is 5.06 Å². The summed E-state index contributed by atoms with van der Waals surface area (Å²) < 4.78 is 0. The summed E-state index contributed by atoms with van der Waals surface area (Å²) in [6, 6.07) is 16.9. The maximum Gasteiger partial charge on any atom is 0.153 e. The Bertz CT molecular complexity index is 681. The third kappa shape index (κ3) is 2.24. The molecule has 5 rings (SSSR count). The van der Waals surface area contributed by atoms with Crippen molar-refractivity contribution >= 4 is 11.4 Å². The number of rotatable bonds is 2. The van der Waals surface area contributed by atoms with Crippen LogP contribution in [0.5, 0.6) is 0 Å². The van der Waals surface area contributed by atoms with Crippen molar-refractivity contribution in [1.82, 2.24) is 4.98 Å². The molecule has 1 aromatic heterocycles. The Morgan fingerprint density at radius 1 is 1.05 bits per heavy atom. The fourth-order valence-corrected chi connectivity index (χ4v) is 3.20. The van der Waals surface area contributed by atoms with Crippen LogP contribution in [0.25, 0.3) is 5.57 Å². The lowest BCUT2D eigenvalue weighted by atomic mass is 9.86. The minimum absolute atomic E-state index is 0.160. The van der Waals surface area contributed by atoms with E-state index in [0.29, 0.717) is 0 Å². The molecule has 2 atom stereocenters. The Kier molecular flexibility index (Phi) is 3.00. The van der Waals surface area contributed by atoms with Gasteiger partial charge in [-0.05, 0) is 49.1 Å². The zero-order valence-electron chi connectivity index (χ0n) is 12.1. The Balaban J connectivity index is 1.73. The van der Waals surface area contributed by atoms with E-state index in [1.807, 2.05) is 30.2 Å². The summed E-state index contributed by atoms with van der Waals surface area (Å²) in [5.74, 6) is 0.909. The van der Waals surface area contributed by atoms with Crippen molar-refractivity contribution in [1.29, 1.82) is 0 Å². The molecule has 1 aromatic carbocycles. The van der Waals surface area contributed by atoms with Crippen LogP contribution in [0.2, 0.25) is 0 Å². The Labute approximate surface area is 124 Å². The molecule has 3 heteroatoms. The van der Waals surface area contributed by atoms with Gasteiger partial charge in [0.15, 0.2) is 5.82 Å². The van der Waals surface area contributed by atoms with E-state index < -0.39 is 0 Å². The van der Waals surface area contributed by atoms with Gasteiger partial charge in [-0.15, -0.1) is 0 Å². The van der Waals surface area contributed by atoms with Crippen LogP contribution in [0.1, 0.15) is 24.1 Å². The van der Waals surface area contributed by atoms with Crippen molar-refractivity contribution in [3.63, 3.8) is 0 Å². The predicted octanol–water partition coefficient (Wildman–Crippen LogP) is 3.76. The lowest BCUT2D eigenvalue weighted by Crippen LogP contribution is -2.48. The van der Waals surface area contributed by atoms with Gasteiger partial charge in [-0.3, -0.25) is 4.84 Å². The fraction of sp³-hybridized carbons (Fsp3) is 0.278. The molecule has 2 aliphatic heterocycles. The minimum atomic E-state index is 0.160. The Morgan fingerprint density at radius 3 is 2.67 bits per heavy atom. The van der Waals surface area contributed by atoms with Gasteiger partial charge in [0, 0.05) is 5.69 Å². The van der Waals surface area contributed by atoms with Gasteiger partial charge in [0.1, 0.15) is 6.10 Å². The molecule has 0 radical (unpaired) electrons. The van der Waals surface area contributed by atoms with Crippen LogP contribution < -0.4 is 5.06 Å². The quantitative estimate of drug-likeness (QED) is 0.836. The first-order chi connectivity index (χ1) is 10.3. The summed E-state index contributed by atoms with van der Waals surface area (Å²) in [6.07, 6.45) is 4.63. The van der Waals surface area contributed by atoms with Crippen molar-refractivity contribution in [3.05, 3.63) is 65.9 Å². The van der Waals surface area contributed by atoms with E-state index in [-0.39, 0.29) is 12.1 Å². The molecule has 0 unspecified atom stereocenters. The second-order valence-corrected chi connectivity index (χ2v) is 5.69. The van der Waals surface area contributed by atoms with Crippen LogP contribution in [-0.4, -0.2) is 17.1 Å². The van der Waals surface area contributed by atoms with Crippen LogP contribution >= 0.6 is 0 Å². The van der Waals surface area contributed by atoms with E-state index in [0.717, 1.165) is 24.4 Å². The van der Waals surface area contributed by atoms with Gasteiger partial charge in [-0.1, -0.05) is 36.4 Å². The summed E-state index contributed by atoms with van der Waals surface area (Å²) in [5.41, 5.74) is 3.66. The number of nitrogens with zero attached hydrogens (tertiary/aromatic N) is 2. The molecule has 106 valence electrons. The van der Waals surface area contributed by atoms with Gasteiger partial charge in [-0.2, -0.15) is 0 Å². The monoisotopic (exact) mass is 278 g/mol. The van der Waals surface area contributed by atoms with Gasteiger partial charge in [-0.25, -0.2) is 10.0 Å². The number of hydroxylamine groups is 1. The number of fused-ring (bicyclic) bond motifs is 2. The first-order valence-corrected chi connectivity index (χ1v) is 7.48. The van der Waals surface area contributed by atoms with E-state index in [1.165, 1.54) is 11.1 Å². The highest BCUT2D eigenvalue weighted by Crippen LogP contribution is 2.39. The molecule has 0 spiro atoms. The van der Waals surface area contributed by atoms with E-state index in [1.54, 1.807) is 0 Å². The highest BCUT2D eigenvalue weighted by Gasteiger charge is 2.37. The number of hydrogen-bond acceptors (Lipinski definition) is 3. The second-order valence-electron chi connectivity index (χ2n) is 5.69. The molecular formula is C18H18N2O. The SMILES string of the molecule is Cc1cccc(N2O[C@H]3C=C(c4ccccc4)[C@@H]2CC3)n1. The van der Waals surface area contributed by atoms with Crippen molar-refractivity contribution in [3.8, 4) is 0 Å². The molecule has 0 saturated carbocycles. The van der Waals surface area contributed by atoms with Crippen LogP contribution in [0.3, 0.4) is 0 Å². The third-order valence-electron chi connectivity index (χ3n) is 4.19. The molecule has 2 aromatic rings. The average molecular weight is 278 g/mol. The number of aryl methyl sites for hydroxylation is 1. The molecule has 3 aliphatic rings. The zero-order chi connectivity index (χ0) is 14.2. The average Bonchev–Trinajstić information content (AvgIpc) is 2.56. The normalized spacial score (nSPS) is 24.0. The highest BCUT2D eigenvalue weighted by molar-refractivity contribution is 5.74. The zero-order valence-corrected chi connectivity index (χ0v) is 12.1. The maximum absolute atomic E-state index is 6.07. The number of aromatic nitrogens is 1. The molecule has 1 aliphatic carbocycles. The number of pyridine rings is 1. The molecule has 3 nitrogen and oxygen atoms in total. The minimum Gasteiger partial charge on any atom is -0.264 e. The second kappa shape index (κ2) is 5.01. The largest absolute Gasteiger partial charge is 0.264 e. The van der Waals surface area contributed by atoms with Gasteiger partial charge in [0.05, 0.1) is 6.04 Å². The molecular weight excluding hydrogens is 260 g/mol. The number of hydrogen-bond donors (Lipinski definition) is 0. The molecule has 1 fully saturated rings. The number of anilines is 1.